The number of amides is 1. The molecule has 1 heterocycles. The Morgan fingerprint density at radius 3 is 2.63 bits per heavy atom. The standard InChI is InChI=1S/C23H27NO3/c1-22(2)11-17-12-23(3,14-22)15-24(17)20(25)13-27-21(26)19-10-6-8-16-7-4-5-9-18(16)19/h4-10,17H,11-15H2,1-3H3/t17-,23-/m1/s1. The van der Waals surface area contributed by atoms with Gasteiger partial charge in [-0.25, -0.2) is 4.79 Å². The highest BCUT2D eigenvalue weighted by Gasteiger charge is 2.50. The minimum Gasteiger partial charge on any atom is -0.452 e. The van der Waals surface area contributed by atoms with Crippen LogP contribution in [0.25, 0.3) is 10.8 Å². The largest absolute Gasteiger partial charge is 0.452 e. The van der Waals surface area contributed by atoms with E-state index < -0.39 is 5.97 Å². The number of fused-ring (bicyclic) bond motifs is 3. The number of esters is 1. The Morgan fingerprint density at radius 1 is 1.07 bits per heavy atom. The molecule has 2 aromatic carbocycles. The second kappa shape index (κ2) is 6.36. The number of hydrogen-bond acceptors (Lipinski definition) is 3. The third-order valence-corrected chi connectivity index (χ3v) is 6.07. The van der Waals surface area contributed by atoms with Crippen molar-refractivity contribution in [2.75, 3.05) is 13.2 Å². The molecule has 0 unspecified atom stereocenters. The van der Waals surface area contributed by atoms with Crippen LogP contribution in [0, 0.1) is 10.8 Å². The van der Waals surface area contributed by atoms with Crippen molar-refractivity contribution in [3.8, 4) is 0 Å². The van der Waals surface area contributed by atoms with Crippen LogP contribution in [0.3, 0.4) is 0 Å². The van der Waals surface area contributed by atoms with Crippen molar-refractivity contribution < 1.29 is 14.3 Å². The van der Waals surface area contributed by atoms with Crippen LogP contribution in [0.4, 0.5) is 0 Å². The minimum atomic E-state index is -0.436. The zero-order chi connectivity index (χ0) is 19.2. The van der Waals surface area contributed by atoms with Gasteiger partial charge >= 0.3 is 5.97 Å². The van der Waals surface area contributed by atoms with Crippen molar-refractivity contribution in [1.82, 2.24) is 4.90 Å². The maximum atomic E-state index is 12.8. The summed E-state index contributed by atoms with van der Waals surface area (Å²) in [4.78, 5) is 27.3. The van der Waals surface area contributed by atoms with Crippen molar-refractivity contribution in [1.29, 1.82) is 0 Å². The van der Waals surface area contributed by atoms with E-state index >= 15 is 0 Å². The Bertz CT molecular complexity index is 898. The van der Waals surface area contributed by atoms with E-state index in [-0.39, 0.29) is 29.4 Å². The molecule has 142 valence electrons. The molecule has 2 aromatic rings. The Kier molecular flexibility index (Phi) is 4.25. The average molecular weight is 365 g/mol. The van der Waals surface area contributed by atoms with E-state index in [4.69, 9.17) is 4.74 Å². The molecule has 4 nitrogen and oxygen atoms in total. The Labute approximate surface area is 160 Å². The van der Waals surface area contributed by atoms with Crippen LogP contribution >= 0.6 is 0 Å². The summed E-state index contributed by atoms with van der Waals surface area (Å²) in [6.07, 6.45) is 3.21. The van der Waals surface area contributed by atoms with Crippen LogP contribution < -0.4 is 0 Å². The van der Waals surface area contributed by atoms with Crippen LogP contribution in [0.15, 0.2) is 42.5 Å². The summed E-state index contributed by atoms with van der Waals surface area (Å²) in [7, 11) is 0. The first-order valence-corrected chi connectivity index (χ1v) is 9.71. The lowest BCUT2D eigenvalue weighted by molar-refractivity contribution is -0.135. The predicted molar refractivity (Wildman–Crippen MR) is 105 cm³/mol. The molecular weight excluding hydrogens is 338 g/mol. The summed E-state index contributed by atoms with van der Waals surface area (Å²) in [6, 6.07) is 13.5. The molecule has 1 aliphatic heterocycles. The van der Waals surface area contributed by atoms with Gasteiger partial charge < -0.3 is 9.64 Å². The number of carbonyl (C=O) groups is 2. The number of carbonyl (C=O) groups excluding carboxylic acids is 2. The molecule has 0 radical (unpaired) electrons. The van der Waals surface area contributed by atoms with Crippen LogP contribution in [-0.2, 0) is 9.53 Å². The molecule has 2 fully saturated rings. The van der Waals surface area contributed by atoms with E-state index in [2.05, 4.69) is 20.8 Å². The topological polar surface area (TPSA) is 46.6 Å². The summed E-state index contributed by atoms with van der Waals surface area (Å²) < 4.78 is 5.41. The third kappa shape index (κ3) is 3.45. The smallest absolute Gasteiger partial charge is 0.339 e. The molecule has 4 heteroatoms. The Balaban J connectivity index is 1.44. The molecule has 0 spiro atoms. The molecule has 27 heavy (non-hydrogen) atoms. The minimum absolute atomic E-state index is 0.0741. The molecule has 1 saturated carbocycles. The first-order chi connectivity index (χ1) is 12.8. The van der Waals surface area contributed by atoms with Gasteiger partial charge in [0.2, 0.25) is 0 Å². The summed E-state index contributed by atoms with van der Waals surface area (Å²) in [6.45, 7) is 7.43. The fraction of sp³-hybridized carbons (Fsp3) is 0.478. The normalized spacial score (nSPS) is 26.2. The van der Waals surface area contributed by atoms with Crippen LogP contribution in [0.1, 0.15) is 50.4 Å². The van der Waals surface area contributed by atoms with Gasteiger partial charge in [0.1, 0.15) is 0 Å². The molecule has 1 saturated heterocycles. The summed E-state index contributed by atoms with van der Waals surface area (Å²) in [5.74, 6) is -0.510. The zero-order valence-electron chi connectivity index (χ0n) is 16.3. The Hall–Kier alpha value is -2.36. The average Bonchev–Trinajstić information content (AvgIpc) is 2.87. The lowest BCUT2D eigenvalue weighted by Gasteiger charge is -2.39. The van der Waals surface area contributed by atoms with Crippen molar-refractivity contribution in [2.45, 2.75) is 46.1 Å². The highest BCUT2D eigenvalue weighted by Crippen LogP contribution is 2.52. The van der Waals surface area contributed by atoms with Crippen LogP contribution in [0.5, 0.6) is 0 Å². The second-order valence-corrected chi connectivity index (χ2v) is 9.34. The molecule has 2 aliphatic rings. The molecule has 4 rings (SSSR count). The number of benzene rings is 2. The van der Waals surface area contributed by atoms with Gasteiger partial charge in [-0.1, -0.05) is 57.2 Å². The van der Waals surface area contributed by atoms with Gasteiger partial charge in [-0.2, -0.15) is 0 Å². The number of rotatable bonds is 3. The summed E-state index contributed by atoms with van der Waals surface area (Å²) >= 11 is 0. The van der Waals surface area contributed by atoms with Crippen molar-refractivity contribution in [2.24, 2.45) is 10.8 Å². The van der Waals surface area contributed by atoms with Crippen molar-refractivity contribution in [3.63, 3.8) is 0 Å². The summed E-state index contributed by atoms with van der Waals surface area (Å²) in [5.41, 5.74) is 0.947. The Morgan fingerprint density at radius 2 is 1.81 bits per heavy atom. The highest BCUT2D eigenvalue weighted by molar-refractivity contribution is 6.04. The monoisotopic (exact) mass is 365 g/mol. The number of ether oxygens (including phenoxy) is 1. The van der Waals surface area contributed by atoms with Crippen LogP contribution in [0.2, 0.25) is 0 Å². The zero-order valence-corrected chi connectivity index (χ0v) is 16.3. The van der Waals surface area contributed by atoms with E-state index in [1.165, 1.54) is 0 Å². The molecule has 0 N–H and O–H groups in total. The fourth-order valence-corrected chi connectivity index (χ4v) is 5.44. The fourth-order valence-electron chi connectivity index (χ4n) is 5.44. The van der Waals surface area contributed by atoms with Gasteiger partial charge in [0.15, 0.2) is 6.61 Å². The molecule has 0 aromatic heterocycles. The number of hydrogen-bond donors (Lipinski definition) is 0. The van der Waals surface area contributed by atoms with Gasteiger partial charge in [-0.15, -0.1) is 0 Å². The molecular formula is C23H27NO3. The maximum absolute atomic E-state index is 12.8. The lowest BCUT2D eigenvalue weighted by Crippen LogP contribution is -2.39. The van der Waals surface area contributed by atoms with Gasteiger partial charge in [0.05, 0.1) is 5.56 Å². The van der Waals surface area contributed by atoms with E-state index in [9.17, 15) is 9.59 Å². The van der Waals surface area contributed by atoms with Gasteiger partial charge in [0, 0.05) is 12.6 Å². The van der Waals surface area contributed by atoms with E-state index in [0.29, 0.717) is 5.56 Å². The van der Waals surface area contributed by atoms with E-state index in [1.54, 1.807) is 6.07 Å². The first kappa shape index (κ1) is 18.0. The van der Waals surface area contributed by atoms with E-state index in [0.717, 1.165) is 36.6 Å². The van der Waals surface area contributed by atoms with Crippen LogP contribution in [-0.4, -0.2) is 36.0 Å². The second-order valence-electron chi connectivity index (χ2n) is 9.34. The van der Waals surface area contributed by atoms with E-state index in [1.807, 2.05) is 41.3 Å². The van der Waals surface area contributed by atoms with Crippen molar-refractivity contribution in [3.05, 3.63) is 48.0 Å². The van der Waals surface area contributed by atoms with Gasteiger partial charge in [0.25, 0.3) is 5.91 Å². The molecule has 1 amide bonds. The van der Waals surface area contributed by atoms with Gasteiger partial charge in [-0.05, 0) is 46.9 Å². The maximum Gasteiger partial charge on any atom is 0.339 e. The first-order valence-electron chi connectivity index (χ1n) is 9.71. The molecule has 1 aliphatic carbocycles. The highest BCUT2D eigenvalue weighted by atomic mass is 16.5. The van der Waals surface area contributed by atoms with Crippen molar-refractivity contribution >= 4 is 22.6 Å². The lowest BCUT2D eigenvalue weighted by atomic mass is 9.65. The molecule has 2 bridgehead atoms. The molecule has 2 atom stereocenters. The number of nitrogens with zero attached hydrogens (tertiary/aromatic N) is 1. The van der Waals surface area contributed by atoms with Gasteiger partial charge in [-0.3, -0.25) is 4.79 Å². The third-order valence-electron chi connectivity index (χ3n) is 6.07. The quantitative estimate of drug-likeness (QED) is 0.756. The summed E-state index contributed by atoms with van der Waals surface area (Å²) in [5, 5.41) is 1.84. The predicted octanol–water partition coefficient (Wildman–Crippen LogP) is 4.42. The number of likely N-dealkylation sites (tertiary alicyclic amines) is 1. The SMILES string of the molecule is CC1(C)C[C@@H]2C[C@@](C)(CN2C(=O)COC(=O)c2cccc3ccccc23)C1.